The average molecular weight is 252 g/mol. The van der Waals surface area contributed by atoms with Crippen molar-refractivity contribution in [1.82, 2.24) is 10.2 Å². The number of nitrogens with one attached hydrogen (secondary N) is 1. The third kappa shape index (κ3) is 2.16. The van der Waals surface area contributed by atoms with E-state index in [4.69, 9.17) is 4.74 Å². The van der Waals surface area contributed by atoms with Crippen molar-refractivity contribution in [2.75, 3.05) is 26.2 Å². The molecule has 1 amide bonds. The maximum atomic E-state index is 12.6. The fourth-order valence-electron chi connectivity index (χ4n) is 3.79. The van der Waals surface area contributed by atoms with Gasteiger partial charge in [0.15, 0.2) is 0 Å². The van der Waals surface area contributed by atoms with Crippen LogP contribution in [0.3, 0.4) is 0 Å². The lowest BCUT2D eigenvalue weighted by atomic mass is 9.94. The van der Waals surface area contributed by atoms with E-state index < -0.39 is 0 Å². The number of fused-ring (bicyclic) bond motifs is 1. The maximum absolute atomic E-state index is 12.6. The topological polar surface area (TPSA) is 41.6 Å². The van der Waals surface area contributed by atoms with Gasteiger partial charge in [-0.15, -0.1) is 0 Å². The van der Waals surface area contributed by atoms with Crippen molar-refractivity contribution in [3.8, 4) is 0 Å². The van der Waals surface area contributed by atoms with E-state index in [1.807, 2.05) is 0 Å². The lowest BCUT2D eigenvalue weighted by Crippen LogP contribution is -2.42. The van der Waals surface area contributed by atoms with Crippen molar-refractivity contribution in [3.63, 3.8) is 0 Å². The molecule has 102 valence electrons. The van der Waals surface area contributed by atoms with Crippen LogP contribution in [0.1, 0.15) is 32.6 Å². The number of hydrogen-bond donors (Lipinski definition) is 1. The minimum atomic E-state index is 0.121. The largest absolute Gasteiger partial charge is 0.377 e. The molecule has 0 aliphatic carbocycles. The Hall–Kier alpha value is -0.610. The fraction of sp³-hybridized carbons (Fsp3) is 0.929. The Labute approximate surface area is 109 Å². The molecule has 18 heavy (non-hydrogen) atoms. The van der Waals surface area contributed by atoms with Gasteiger partial charge in [-0.05, 0) is 38.1 Å². The summed E-state index contributed by atoms with van der Waals surface area (Å²) in [5, 5.41) is 3.56. The van der Waals surface area contributed by atoms with E-state index in [9.17, 15) is 4.79 Å². The highest BCUT2D eigenvalue weighted by Gasteiger charge is 2.41. The number of hydrogen-bond acceptors (Lipinski definition) is 3. The van der Waals surface area contributed by atoms with Crippen LogP contribution >= 0.6 is 0 Å². The monoisotopic (exact) mass is 252 g/mol. The molecule has 0 aromatic heterocycles. The lowest BCUT2D eigenvalue weighted by molar-refractivity contribution is -0.136. The highest BCUT2D eigenvalue weighted by molar-refractivity contribution is 5.80. The van der Waals surface area contributed by atoms with Gasteiger partial charge in [0.1, 0.15) is 0 Å². The molecule has 4 nitrogen and oxygen atoms in total. The summed E-state index contributed by atoms with van der Waals surface area (Å²) in [6.07, 6.45) is 4.56. The standard InChI is InChI=1S/C14H24N2O2/c1-2-13-11(5-7-18-13)14(17)16-8-10-4-3-6-15-12(10)9-16/h10-13,15H,2-9H2,1H3/t10-,11?,12+,13?/m0/s1. The van der Waals surface area contributed by atoms with Crippen LogP contribution in [0.5, 0.6) is 0 Å². The summed E-state index contributed by atoms with van der Waals surface area (Å²) in [6.45, 7) is 5.86. The molecule has 0 spiro atoms. The minimum Gasteiger partial charge on any atom is -0.377 e. The molecule has 4 heteroatoms. The Balaban J connectivity index is 1.63. The van der Waals surface area contributed by atoms with Crippen molar-refractivity contribution in [2.45, 2.75) is 44.8 Å². The Morgan fingerprint density at radius 2 is 2.28 bits per heavy atom. The molecule has 3 aliphatic heterocycles. The van der Waals surface area contributed by atoms with Crippen molar-refractivity contribution >= 4 is 5.91 Å². The molecule has 0 aromatic rings. The number of ether oxygens (including phenoxy) is 1. The van der Waals surface area contributed by atoms with Crippen LogP contribution in [0.2, 0.25) is 0 Å². The molecule has 0 saturated carbocycles. The summed E-state index contributed by atoms with van der Waals surface area (Å²) in [6, 6.07) is 0.546. The summed E-state index contributed by atoms with van der Waals surface area (Å²) in [5.74, 6) is 1.15. The SMILES string of the molecule is CCC1OCCC1C(=O)N1C[C@@H]2CCCN[C@@H]2C1. The van der Waals surface area contributed by atoms with Crippen molar-refractivity contribution in [1.29, 1.82) is 0 Å². The normalized spacial score (nSPS) is 39.9. The van der Waals surface area contributed by atoms with Gasteiger partial charge in [-0.2, -0.15) is 0 Å². The minimum absolute atomic E-state index is 0.121. The van der Waals surface area contributed by atoms with Gasteiger partial charge in [0.05, 0.1) is 12.0 Å². The van der Waals surface area contributed by atoms with E-state index in [-0.39, 0.29) is 12.0 Å². The second-order valence-corrected chi connectivity index (χ2v) is 5.92. The molecular weight excluding hydrogens is 228 g/mol. The molecule has 0 bridgehead atoms. The second kappa shape index (κ2) is 5.17. The van der Waals surface area contributed by atoms with Crippen molar-refractivity contribution in [3.05, 3.63) is 0 Å². The summed E-state index contributed by atoms with van der Waals surface area (Å²) in [5.41, 5.74) is 0. The van der Waals surface area contributed by atoms with E-state index >= 15 is 0 Å². The third-order valence-electron chi connectivity index (χ3n) is 4.84. The highest BCUT2D eigenvalue weighted by Crippen LogP contribution is 2.30. The van der Waals surface area contributed by atoms with E-state index in [1.54, 1.807) is 0 Å². The van der Waals surface area contributed by atoms with E-state index in [0.29, 0.717) is 17.9 Å². The molecule has 0 aromatic carbocycles. The van der Waals surface area contributed by atoms with Crippen LogP contribution in [0.15, 0.2) is 0 Å². The summed E-state index contributed by atoms with van der Waals surface area (Å²) in [4.78, 5) is 14.7. The summed E-state index contributed by atoms with van der Waals surface area (Å²) < 4.78 is 5.65. The van der Waals surface area contributed by atoms with Gasteiger partial charge >= 0.3 is 0 Å². The lowest BCUT2D eigenvalue weighted by Gasteiger charge is -2.24. The molecule has 3 fully saturated rings. The van der Waals surface area contributed by atoms with Crippen molar-refractivity contribution < 1.29 is 9.53 Å². The predicted molar refractivity (Wildman–Crippen MR) is 69.2 cm³/mol. The van der Waals surface area contributed by atoms with Crippen LogP contribution in [-0.2, 0) is 9.53 Å². The molecule has 3 heterocycles. The Kier molecular flexibility index (Phi) is 3.57. The zero-order valence-electron chi connectivity index (χ0n) is 11.2. The van der Waals surface area contributed by atoms with E-state index in [1.165, 1.54) is 12.8 Å². The van der Waals surface area contributed by atoms with Crippen LogP contribution in [0, 0.1) is 11.8 Å². The maximum Gasteiger partial charge on any atom is 0.228 e. The van der Waals surface area contributed by atoms with Crippen LogP contribution in [0.25, 0.3) is 0 Å². The van der Waals surface area contributed by atoms with Gasteiger partial charge in [-0.25, -0.2) is 0 Å². The Morgan fingerprint density at radius 1 is 1.39 bits per heavy atom. The number of amides is 1. The van der Waals surface area contributed by atoms with Gasteiger partial charge in [-0.3, -0.25) is 4.79 Å². The number of rotatable bonds is 2. The van der Waals surface area contributed by atoms with Gasteiger partial charge in [0.2, 0.25) is 5.91 Å². The molecular formula is C14H24N2O2. The molecule has 4 atom stereocenters. The first-order valence-electron chi connectivity index (χ1n) is 7.43. The fourth-order valence-corrected chi connectivity index (χ4v) is 3.79. The Bertz CT molecular complexity index is 307. The first kappa shape index (κ1) is 12.4. The molecule has 1 N–H and O–H groups in total. The number of carbonyl (C=O) groups is 1. The van der Waals surface area contributed by atoms with Crippen molar-refractivity contribution in [2.24, 2.45) is 11.8 Å². The smallest absolute Gasteiger partial charge is 0.228 e. The Morgan fingerprint density at radius 3 is 3.06 bits per heavy atom. The molecule has 2 unspecified atom stereocenters. The molecule has 0 radical (unpaired) electrons. The molecule has 3 rings (SSSR count). The number of carbonyl (C=O) groups excluding carboxylic acids is 1. The number of nitrogens with zero attached hydrogens (tertiary/aromatic N) is 1. The van der Waals surface area contributed by atoms with Crippen LogP contribution in [0.4, 0.5) is 0 Å². The predicted octanol–water partition coefficient (Wildman–Crippen LogP) is 1.01. The highest BCUT2D eigenvalue weighted by atomic mass is 16.5. The second-order valence-electron chi connectivity index (χ2n) is 5.92. The van der Waals surface area contributed by atoms with E-state index in [2.05, 4.69) is 17.1 Å². The molecule has 3 saturated heterocycles. The quantitative estimate of drug-likeness (QED) is 0.797. The van der Waals surface area contributed by atoms with Gasteiger partial charge < -0.3 is 15.0 Å². The van der Waals surface area contributed by atoms with Gasteiger partial charge in [0, 0.05) is 25.7 Å². The zero-order valence-corrected chi connectivity index (χ0v) is 11.2. The van der Waals surface area contributed by atoms with Gasteiger partial charge in [-0.1, -0.05) is 6.92 Å². The molecule has 3 aliphatic rings. The number of likely N-dealkylation sites (tertiary alicyclic amines) is 1. The number of piperidine rings is 1. The van der Waals surface area contributed by atoms with Crippen LogP contribution < -0.4 is 5.32 Å². The first-order valence-corrected chi connectivity index (χ1v) is 7.43. The summed E-state index contributed by atoms with van der Waals surface area (Å²) in [7, 11) is 0. The van der Waals surface area contributed by atoms with Crippen LogP contribution in [-0.4, -0.2) is 49.2 Å². The first-order chi connectivity index (χ1) is 8.79. The summed E-state index contributed by atoms with van der Waals surface area (Å²) >= 11 is 0. The average Bonchev–Trinajstić information content (AvgIpc) is 3.03. The van der Waals surface area contributed by atoms with Gasteiger partial charge in [0.25, 0.3) is 0 Å². The third-order valence-corrected chi connectivity index (χ3v) is 4.84. The zero-order chi connectivity index (χ0) is 12.5. The van der Waals surface area contributed by atoms with E-state index in [0.717, 1.165) is 39.1 Å².